The van der Waals surface area contributed by atoms with Gasteiger partial charge in [0.15, 0.2) is 0 Å². The second kappa shape index (κ2) is 8.22. The van der Waals surface area contributed by atoms with Crippen LogP contribution in [0.5, 0.6) is 0 Å². The molecule has 0 radical (unpaired) electrons. The Balaban J connectivity index is 1.77. The van der Waals surface area contributed by atoms with Crippen molar-refractivity contribution >= 4 is 11.9 Å². The number of amides is 3. The summed E-state index contributed by atoms with van der Waals surface area (Å²) in [4.78, 5) is 25.1. The monoisotopic (exact) mass is 357 g/mol. The van der Waals surface area contributed by atoms with Crippen molar-refractivity contribution < 1.29 is 22.8 Å². The summed E-state index contributed by atoms with van der Waals surface area (Å²) in [5.74, 6) is 0.190. The van der Waals surface area contributed by atoms with Crippen LogP contribution in [0.3, 0.4) is 0 Å². The molecule has 138 valence electrons. The second-order valence-corrected chi connectivity index (χ2v) is 6.27. The molecule has 2 N–H and O–H groups in total. The SMILES string of the molecule is CC(CNC(=O)NCc1ccccc1C(F)(F)F)CN1CCCC1=O. The lowest BCUT2D eigenvalue weighted by Crippen LogP contribution is -2.40. The van der Waals surface area contributed by atoms with Gasteiger partial charge >= 0.3 is 12.2 Å². The van der Waals surface area contributed by atoms with Crippen molar-refractivity contribution in [2.24, 2.45) is 5.92 Å². The zero-order valence-corrected chi connectivity index (χ0v) is 14.0. The Morgan fingerprint density at radius 3 is 2.64 bits per heavy atom. The largest absolute Gasteiger partial charge is 0.416 e. The van der Waals surface area contributed by atoms with Gasteiger partial charge in [-0.15, -0.1) is 0 Å². The van der Waals surface area contributed by atoms with E-state index in [0.29, 0.717) is 19.5 Å². The molecule has 1 aromatic rings. The highest BCUT2D eigenvalue weighted by Crippen LogP contribution is 2.31. The number of nitrogens with zero attached hydrogens (tertiary/aromatic N) is 1. The molecule has 1 aliphatic rings. The number of hydrogen-bond donors (Lipinski definition) is 2. The molecular formula is C17H22F3N3O2. The van der Waals surface area contributed by atoms with Gasteiger partial charge in [-0.25, -0.2) is 4.79 Å². The van der Waals surface area contributed by atoms with E-state index in [9.17, 15) is 22.8 Å². The molecule has 0 aromatic heterocycles. The van der Waals surface area contributed by atoms with E-state index >= 15 is 0 Å². The topological polar surface area (TPSA) is 61.4 Å². The first-order valence-electron chi connectivity index (χ1n) is 8.22. The fourth-order valence-corrected chi connectivity index (χ4v) is 2.79. The third-order valence-corrected chi connectivity index (χ3v) is 4.08. The highest BCUT2D eigenvalue weighted by atomic mass is 19.4. The molecule has 0 saturated carbocycles. The van der Waals surface area contributed by atoms with Gasteiger partial charge in [-0.2, -0.15) is 13.2 Å². The molecule has 1 aromatic carbocycles. The highest BCUT2D eigenvalue weighted by molar-refractivity contribution is 5.78. The van der Waals surface area contributed by atoms with Gasteiger partial charge in [-0.1, -0.05) is 25.1 Å². The summed E-state index contributed by atoms with van der Waals surface area (Å²) in [5, 5.41) is 5.07. The quantitative estimate of drug-likeness (QED) is 0.822. The van der Waals surface area contributed by atoms with E-state index < -0.39 is 17.8 Å². The minimum atomic E-state index is -4.45. The predicted octanol–water partition coefficient (Wildman–Crippen LogP) is 2.76. The summed E-state index contributed by atoms with van der Waals surface area (Å²) in [6.45, 7) is 3.35. The molecule has 3 amide bonds. The van der Waals surface area contributed by atoms with Crippen molar-refractivity contribution in [3.63, 3.8) is 0 Å². The number of halogens is 3. The van der Waals surface area contributed by atoms with E-state index in [-0.39, 0.29) is 23.9 Å². The normalized spacial score (nSPS) is 16.0. The Kier molecular flexibility index (Phi) is 6.27. The number of likely N-dealkylation sites (tertiary alicyclic amines) is 1. The van der Waals surface area contributed by atoms with Gasteiger partial charge in [-0.05, 0) is 24.0 Å². The van der Waals surface area contributed by atoms with Gasteiger partial charge in [0.1, 0.15) is 0 Å². The summed E-state index contributed by atoms with van der Waals surface area (Å²) in [7, 11) is 0. The minimum absolute atomic E-state index is 0.0147. The number of carbonyl (C=O) groups excluding carboxylic acids is 2. The zero-order valence-electron chi connectivity index (χ0n) is 14.0. The number of nitrogens with one attached hydrogen (secondary N) is 2. The Labute approximate surface area is 144 Å². The number of alkyl halides is 3. The van der Waals surface area contributed by atoms with Crippen molar-refractivity contribution in [1.82, 2.24) is 15.5 Å². The van der Waals surface area contributed by atoms with Crippen LogP contribution < -0.4 is 10.6 Å². The maximum Gasteiger partial charge on any atom is 0.416 e. The number of benzene rings is 1. The van der Waals surface area contributed by atoms with Crippen LogP contribution in [0.25, 0.3) is 0 Å². The van der Waals surface area contributed by atoms with Crippen molar-refractivity contribution in [3.05, 3.63) is 35.4 Å². The molecule has 2 rings (SSSR count). The summed E-state index contributed by atoms with van der Waals surface area (Å²) in [5.41, 5.74) is -0.739. The predicted molar refractivity (Wildman–Crippen MR) is 86.7 cm³/mol. The van der Waals surface area contributed by atoms with E-state index in [1.165, 1.54) is 18.2 Å². The van der Waals surface area contributed by atoms with Gasteiger partial charge in [0.05, 0.1) is 5.56 Å². The third kappa shape index (κ3) is 5.65. The molecule has 1 aliphatic heterocycles. The molecule has 0 bridgehead atoms. The average molecular weight is 357 g/mol. The van der Waals surface area contributed by atoms with E-state index in [1.807, 2.05) is 6.92 Å². The molecule has 0 aliphatic carbocycles. The van der Waals surface area contributed by atoms with Crippen LogP contribution in [0.4, 0.5) is 18.0 Å². The first kappa shape index (κ1) is 19.1. The van der Waals surface area contributed by atoms with Crippen molar-refractivity contribution in [1.29, 1.82) is 0 Å². The second-order valence-electron chi connectivity index (χ2n) is 6.27. The Morgan fingerprint density at radius 2 is 2.00 bits per heavy atom. The number of carbonyl (C=O) groups is 2. The average Bonchev–Trinajstić information content (AvgIpc) is 2.95. The zero-order chi connectivity index (χ0) is 18.4. The first-order valence-corrected chi connectivity index (χ1v) is 8.22. The van der Waals surface area contributed by atoms with E-state index in [0.717, 1.165) is 19.0 Å². The van der Waals surface area contributed by atoms with Crippen LogP contribution in [-0.2, 0) is 17.5 Å². The fourth-order valence-electron chi connectivity index (χ4n) is 2.79. The lowest BCUT2D eigenvalue weighted by molar-refractivity contribution is -0.138. The Morgan fingerprint density at radius 1 is 1.28 bits per heavy atom. The van der Waals surface area contributed by atoms with Gasteiger partial charge < -0.3 is 15.5 Å². The van der Waals surface area contributed by atoms with E-state index in [2.05, 4.69) is 10.6 Å². The van der Waals surface area contributed by atoms with Crippen LogP contribution in [-0.4, -0.2) is 36.5 Å². The van der Waals surface area contributed by atoms with Gasteiger partial charge in [-0.3, -0.25) is 4.79 Å². The number of hydrogen-bond acceptors (Lipinski definition) is 2. The van der Waals surface area contributed by atoms with E-state index in [4.69, 9.17) is 0 Å². The maximum absolute atomic E-state index is 12.9. The molecule has 1 fully saturated rings. The molecule has 0 spiro atoms. The van der Waals surface area contributed by atoms with Gasteiger partial charge in [0.25, 0.3) is 0 Å². The standard InChI is InChI=1S/C17H22F3N3O2/c1-12(11-23-8-4-7-15(23)24)9-21-16(25)22-10-13-5-2-3-6-14(13)17(18,19)20/h2-3,5-6,12H,4,7-11H2,1H3,(H2,21,22,25). The number of rotatable bonds is 6. The first-order chi connectivity index (χ1) is 11.8. The fraction of sp³-hybridized carbons (Fsp3) is 0.529. The summed E-state index contributed by atoms with van der Waals surface area (Å²) in [6.07, 6.45) is -3.02. The van der Waals surface area contributed by atoms with Crippen molar-refractivity contribution in [2.75, 3.05) is 19.6 Å². The van der Waals surface area contributed by atoms with Crippen LogP contribution in [0.15, 0.2) is 24.3 Å². The summed E-state index contributed by atoms with van der Waals surface area (Å²) < 4.78 is 38.7. The van der Waals surface area contributed by atoms with Crippen LogP contribution in [0, 0.1) is 5.92 Å². The minimum Gasteiger partial charge on any atom is -0.342 e. The van der Waals surface area contributed by atoms with Gasteiger partial charge in [0.2, 0.25) is 5.91 Å². The molecule has 1 saturated heterocycles. The highest BCUT2D eigenvalue weighted by Gasteiger charge is 2.32. The molecule has 1 heterocycles. The molecule has 1 atom stereocenters. The van der Waals surface area contributed by atoms with Crippen molar-refractivity contribution in [3.8, 4) is 0 Å². The molecule has 5 nitrogen and oxygen atoms in total. The third-order valence-electron chi connectivity index (χ3n) is 4.08. The summed E-state index contributed by atoms with van der Waals surface area (Å²) >= 11 is 0. The van der Waals surface area contributed by atoms with Crippen molar-refractivity contribution in [2.45, 2.75) is 32.5 Å². The molecule has 8 heteroatoms. The van der Waals surface area contributed by atoms with E-state index in [1.54, 1.807) is 4.90 Å². The van der Waals surface area contributed by atoms with Gasteiger partial charge in [0, 0.05) is 32.6 Å². The molecular weight excluding hydrogens is 335 g/mol. The maximum atomic E-state index is 12.9. The summed E-state index contributed by atoms with van der Waals surface area (Å²) in [6, 6.07) is 4.61. The lowest BCUT2D eigenvalue weighted by Gasteiger charge is -2.21. The van der Waals surface area contributed by atoms with Crippen LogP contribution >= 0.6 is 0 Å². The van der Waals surface area contributed by atoms with Crippen LogP contribution in [0.1, 0.15) is 30.9 Å². The molecule has 1 unspecified atom stereocenters. The Bertz CT molecular complexity index is 619. The molecule has 25 heavy (non-hydrogen) atoms. The number of urea groups is 1. The Hall–Kier alpha value is -2.25. The van der Waals surface area contributed by atoms with Crippen LogP contribution in [0.2, 0.25) is 0 Å². The lowest BCUT2D eigenvalue weighted by atomic mass is 10.1. The smallest absolute Gasteiger partial charge is 0.342 e.